The lowest BCUT2D eigenvalue weighted by Gasteiger charge is -2.24. The number of amides is 2. The molecule has 1 atom stereocenters. The molecule has 1 aromatic heterocycles. The van der Waals surface area contributed by atoms with Crippen LogP contribution < -0.4 is 15.4 Å². The number of fused-ring (bicyclic) bond motifs is 3. The predicted molar refractivity (Wildman–Crippen MR) is 107 cm³/mol. The Morgan fingerprint density at radius 2 is 2.00 bits per heavy atom. The summed E-state index contributed by atoms with van der Waals surface area (Å²) in [5.74, 6) is 0.843. The van der Waals surface area contributed by atoms with Gasteiger partial charge in [0.15, 0.2) is 0 Å². The van der Waals surface area contributed by atoms with Gasteiger partial charge < -0.3 is 20.4 Å². The SMILES string of the molecule is COc1ccc(CCNC(=O)N[C@@H]2CCCc3c2[nH]c2ccccc32)cc1. The fourth-order valence-electron chi connectivity index (χ4n) is 3.88. The maximum atomic E-state index is 12.4. The highest BCUT2D eigenvalue weighted by Crippen LogP contribution is 2.34. The van der Waals surface area contributed by atoms with Crippen molar-refractivity contribution in [1.29, 1.82) is 0 Å². The van der Waals surface area contributed by atoms with Gasteiger partial charge in [0.25, 0.3) is 0 Å². The number of carbonyl (C=O) groups excluding carboxylic acids is 1. The Morgan fingerprint density at radius 3 is 2.81 bits per heavy atom. The Morgan fingerprint density at radius 1 is 1.19 bits per heavy atom. The summed E-state index contributed by atoms with van der Waals surface area (Å²) >= 11 is 0. The summed E-state index contributed by atoms with van der Waals surface area (Å²) < 4.78 is 5.16. The van der Waals surface area contributed by atoms with E-state index in [2.05, 4.69) is 33.8 Å². The molecular weight excluding hydrogens is 338 g/mol. The molecule has 1 aliphatic carbocycles. The van der Waals surface area contributed by atoms with Crippen molar-refractivity contribution in [3.05, 3.63) is 65.4 Å². The molecule has 0 fully saturated rings. The van der Waals surface area contributed by atoms with Gasteiger partial charge in [-0.25, -0.2) is 4.79 Å². The predicted octanol–water partition coefficient (Wildman–Crippen LogP) is 4.10. The maximum absolute atomic E-state index is 12.4. The van der Waals surface area contributed by atoms with Crippen LogP contribution in [-0.2, 0) is 12.8 Å². The van der Waals surface area contributed by atoms with Crippen molar-refractivity contribution in [3.63, 3.8) is 0 Å². The second-order valence-corrected chi connectivity index (χ2v) is 7.01. The van der Waals surface area contributed by atoms with Crippen molar-refractivity contribution in [2.75, 3.05) is 13.7 Å². The first-order valence-corrected chi connectivity index (χ1v) is 9.51. The van der Waals surface area contributed by atoms with Crippen molar-refractivity contribution < 1.29 is 9.53 Å². The Labute approximate surface area is 159 Å². The molecule has 3 aromatic rings. The second-order valence-electron chi connectivity index (χ2n) is 7.01. The van der Waals surface area contributed by atoms with Gasteiger partial charge in [0.1, 0.15) is 5.75 Å². The lowest BCUT2D eigenvalue weighted by molar-refractivity contribution is 0.235. The fourth-order valence-corrected chi connectivity index (χ4v) is 3.88. The molecule has 1 heterocycles. The van der Waals surface area contributed by atoms with Crippen LogP contribution in [0.1, 0.15) is 35.7 Å². The fraction of sp³-hybridized carbons (Fsp3) is 0.318. The maximum Gasteiger partial charge on any atom is 0.315 e. The zero-order valence-corrected chi connectivity index (χ0v) is 15.5. The summed E-state index contributed by atoms with van der Waals surface area (Å²) in [6.45, 7) is 0.602. The molecule has 4 rings (SSSR count). The highest BCUT2D eigenvalue weighted by Gasteiger charge is 2.25. The summed E-state index contributed by atoms with van der Waals surface area (Å²) in [6.07, 6.45) is 3.91. The van der Waals surface area contributed by atoms with Crippen LogP contribution in [0.2, 0.25) is 0 Å². The van der Waals surface area contributed by atoms with E-state index in [-0.39, 0.29) is 12.1 Å². The van der Waals surface area contributed by atoms with Crippen molar-refractivity contribution in [3.8, 4) is 5.75 Å². The number of H-pyrrole nitrogens is 1. The summed E-state index contributed by atoms with van der Waals surface area (Å²) in [4.78, 5) is 15.9. The Hall–Kier alpha value is -2.95. The molecule has 5 heteroatoms. The van der Waals surface area contributed by atoms with E-state index >= 15 is 0 Å². The number of para-hydroxylation sites is 1. The second kappa shape index (κ2) is 7.74. The number of urea groups is 1. The van der Waals surface area contributed by atoms with Crippen molar-refractivity contribution in [2.24, 2.45) is 0 Å². The van der Waals surface area contributed by atoms with E-state index < -0.39 is 0 Å². The van der Waals surface area contributed by atoms with Gasteiger partial charge in [-0.2, -0.15) is 0 Å². The number of aromatic amines is 1. The topological polar surface area (TPSA) is 66.2 Å². The van der Waals surface area contributed by atoms with E-state index in [0.717, 1.165) is 42.6 Å². The van der Waals surface area contributed by atoms with Gasteiger partial charge in [-0.15, -0.1) is 0 Å². The minimum atomic E-state index is -0.111. The van der Waals surface area contributed by atoms with Gasteiger partial charge in [0, 0.05) is 23.1 Å². The van der Waals surface area contributed by atoms with E-state index in [1.807, 2.05) is 30.3 Å². The molecule has 0 radical (unpaired) electrons. The zero-order valence-electron chi connectivity index (χ0n) is 15.5. The van der Waals surface area contributed by atoms with E-state index in [1.165, 1.54) is 16.5 Å². The highest BCUT2D eigenvalue weighted by atomic mass is 16.5. The van der Waals surface area contributed by atoms with Gasteiger partial charge in [0.05, 0.1) is 13.2 Å². The largest absolute Gasteiger partial charge is 0.497 e. The average Bonchev–Trinajstić information content (AvgIpc) is 3.08. The van der Waals surface area contributed by atoms with Crippen LogP contribution in [0.25, 0.3) is 10.9 Å². The number of aromatic nitrogens is 1. The Bertz CT molecular complexity index is 930. The van der Waals surface area contributed by atoms with E-state index in [9.17, 15) is 4.79 Å². The number of benzene rings is 2. The molecule has 0 saturated carbocycles. The van der Waals surface area contributed by atoms with Crippen LogP contribution in [-0.4, -0.2) is 24.7 Å². The average molecular weight is 363 g/mol. The van der Waals surface area contributed by atoms with Crippen LogP contribution in [0.15, 0.2) is 48.5 Å². The number of rotatable bonds is 5. The summed E-state index contributed by atoms with van der Waals surface area (Å²) in [5.41, 5.74) is 4.83. The van der Waals surface area contributed by atoms with Crippen molar-refractivity contribution in [2.45, 2.75) is 31.7 Å². The molecule has 140 valence electrons. The number of methoxy groups -OCH3 is 1. The lowest BCUT2D eigenvalue weighted by Crippen LogP contribution is -2.40. The van der Waals surface area contributed by atoms with Gasteiger partial charge in [-0.1, -0.05) is 30.3 Å². The first kappa shape index (κ1) is 17.5. The standard InChI is InChI=1S/C22H25N3O2/c1-27-16-11-9-15(10-12-16)13-14-23-22(26)25-20-8-4-6-18-17-5-2-3-7-19(17)24-21(18)20/h2-3,5,7,9-12,20,24H,4,6,8,13-14H2,1H3,(H2,23,25,26)/t20-/m1/s1. The smallest absolute Gasteiger partial charge is 0.315 e. The molecule has 1 aliphatic rings. The first-order valence-electron chi connectivity index (χ1n) is 9.51. The molecule has 0 saturated heterocycles. The van der Waals surface area contributed by atoms with Gasteiger partial charge in [0.2, 0.25) is 0 Å². The quantitative estimate of drug-likeness (QED) is 0.639. The van der Waals surface area contributed by atoms with Crippen molar-refractivity contribution >= 4 is 16.9 Å². The van der Waals surface area contributed by atoms with E-state index in [0.29, 0.717) is 6.54 Å². The number of nitrogens with one attached hydrogen (secondary N) is 3. The van der Waals surface area contributed by atoms with Crippen LogP contribution in [0.5, 0.6) is 5.75 Å². The van der Waals surface area contributed by atoms with Crippen molar-refractivity contribution in [1.82, 2.24) is 15.6 Å². The third-order valence-electron chi connectivity index (χ3n) is 5.28. The summed E-state index contributed by atoms with van der Waals surface area (Å²) in [6, 6.07) is 16.2. The lowest BCUT2D eigenvalue weighted by atomic mass is 9.92. The third kappa shape index (κ3) is 3.77. The van der Waals surface area contributed by atoms with E-state index in [1.54, 1.807) is 7.11 Å². The molecule has 27 heavy (non-hydrogen) atoms. The third-order valence-corrected chi connectivity index (χ3v) is 5.28. The van der Waals surface area contributed by atoms with E-state index in [4.69, 9.17) is 4.74 Å². The number of aryl methyl sites for hydroxylation is 1. The highest BCUT2D eigenvalue weighted by molar-refractivity contribution is 5.85. The molecular formula is C22H25N3O2. The number of hydrogen-bond donors (Lipinski definition) is 3. The molecule has 0 bridgehead atoms. The first-order chi connectivity index (χ1) is 13.2. The van der Waals surface area contributed by atoms with Crippen LogP contribution in [0.3, 0.4) is 0 Å². The molecule has 2 amide bonds. The molecule has 0 aliphatic heterocycles. The summed E-state index contributed by atoms with van der Waals surface area (Å²) in [7, 11) is 1.66. The number of ether oxygens (including phenoxy) is 1. The number of hydrogen-bond acceptors (Lipinski definition) is 2. The number of carbonyl (C=O) groups is 1. The molecule has 5 nitrogen and oxygen atoms in total. The van der Waals surface area contributed by atoms with Gasteiger partial charge in [-0.3, -0.25) is 0 Å². The Balaban J connectivity index is 1.35. The molecule has 0 spiro atoms. The zero-order chi connectivity index (χ0) is 18.6. The monoisotopic (exact) mass is 363 g/mol. The van der Waals surface area contributed by atoms with Gasteiger partial charge in [-0.05, 0) is 55.0 Å². The van der Waals surface area contributed by atoms with Crippen LogP contribution in [0, 0.1) is 0 Å². The van der Waals surface area contributed by atoms with Gasteiger partial charge >= 0.3 is 6.03 Å². The van der Waals surface area contributed by atoms with Crippen LogP contribution >= 0.6 is 0 Å². The molecule has 0 unspecified atom stereocenters. The minimum Gasteiger partial charge on any atom is -0.497 e. The summed E-state index contributed by atoms with van der Waals surface area (Å²) in [5, 5.41) is 7.39. The van der Waals surface area contributed by atoms with Crippen LogP contribution in [0.4, 0.5) is 4.79 Å². The molecule has 2 aromatic carbocycles. The Kier molecular flexibility index (Phi) is 5.01. The minimum absolute atomic E-state index is 0.0436. The molecule has 3 N–H and O–H groups in total. The normalized spacial score (nSPS) is 16.0.